The lowest BCUT2D eigenvalue weighted by Crippen LogP contribution is -2.56. The van der Waals surface area contributed by atoms with Crippen LogP contribution in [0.25, 0.3) is 0 Å². The van der Waals surface area contributed by atoms with Crippen molar-refractivity contribution in [1.82, 2.24) is 26.2 Å². The number of hydrogen-bond acceptors (Lipinski definition) is 10. The zero-order valence-corrected chi connectivity index (χ0v) is 28.3. The summed E-state index contributed by atoms with van der Waals surface area (Å²) in [6.45, 7) is 9.41. The van der Waals surface area contributed by atoms with E-state index in [0.29, 0.717) is 31.6 Å². The highest BCUT2D eigenvalue weighted by Gasteiger charge is 2.38. The third-order valence-corrected chi connectivity index (χ3v) is 10.2. The second-order valence-electron chi connectivity index (χ2n) is 11.6. The number of amides is 5. The van der Waals surface area contributed by atoms with Crippen molar-refractivity contribution in [1.29, 1.82) is 0 Å². The van der Waals surface area contributed by atoms with Crippen LogP contribution < -0.4 is 27.0 Å². The van der Waals surface area contributed by atoms with Crippen molar-refractivity contribution in [3.05, 3.63) is 0 Å². The van der Waals surface area contributed by atoms with Crippen molar-refractivity contribution in [2.75, 3.05) is 37.4 Å². The lowest BCUT2D eigenvalue weighted by Gasteiger charge is -2.28. The number of aliphatic carboxylic acids is 1. The van der Waals surface area contributed by atoms with Gasteiger partial charge in [-0.2, -0.15) is 11.8 Å². The second kappa shape index (κ2) is 19.3. The highest BCUT2D eigenvalue weighted by atomic mass is 33.1. The van der Waals surface area contributed by atoms with Gasteiger partial charge in [-0.05, 0) is 43.6 Å². The van der Waals surface area contributed by atoms with E-state index in [0.717, 1.165) is 0 Å². The van der Waals surface area contributed by atoms with Gasteiger partial charge in [0.25, 0.3) is 0 Å². The Kier molecular flexibility index (Phi) is 17.4. The van der Waals surface area contributed by atoms with Crippen molar-refractivity contribution in [2.24, 2.45) is 11.7 Å². The van der Waals surface area contributed by atoms with Gasteiger partial charge in [0.1, 0.15) is 24.2 Å². The Labute approximate surface area is 266 Å². The summed E-state index contributed by atoms with van der Waals surface area (Å²) >= 11 is 1.48. The molecular weight excluding hydrogens is 617 g/mol. The summed E-state index contributed by atoms with van der Waals surface area (Å²) in [5, 5.41) is 20.0. The predicted molar refractivity (Wildman–Crippen MR) is 172 cm³/mol. The number of carboxylic acid groups (broad SMARTS) is 1. The van der Waals surface area contributed by atoms with Gasteiger partial charge in [0, 0.05) is 17.0 Å². The lowest BCUT2D eigenvalue weighted by atomic mass is 10.0. The molecule has 16 heteroatoms. The molecule has 7 N–H and O–H groups in total. The zero-order valence-electron chi connectivity index (χ0n) is 25.9. The molecule has 1 aliphatic heterocycles. The molecule has 0 saturated carbocycles. The monoisotopic (exact) mass is 664 g/mol. The van der Waals surface area contributed by atoms with Crippen LogP contribution in [0.15, 0.2) is 0 Å². The van der Waals surface area contributed by atoms with Crippen molar-refractivity contribution in [3.63, 3.8) is 0 Å². The molecule has 13 nitrogen and oxygen atoms in total. The molecule has 0 unspecified atom stereocenters. The van der Waals surface area contributed by atoms with Gasteiger partial charge in [-0.15, -0.1) is 0 Å². The van der Waals surface area contributed by atoms with Crippen LogP contribution in [0.5, 0.6) is 0 Å². The smallest absolute Gasteiger partial charge is 0.326 e. The fraction of sp³-hybridized carbons (Fsp3) is 0.778. The van der Waals surface area contributed by atoms with Crippen LogP contribution in [0.1, 0.15) is 60.3 Å². The number of likely N-dealkylation sites (tertiary alicyclic amines) is 1. The van der Waals surface area contributed by atoms with Crippen LogP contribution in [-0.4, -0.2) is 112 Å². The van der Waals surface area contributed by atoms with Gasteiger partial charge in [-0.25, -0.2) is 4.79 Å². The second-order valence-corrected chi connectivity index (χ2v) is 15.8. The molecule has 1 aliphatic rings. The Bertz CT molecular complexity index is 979. The molecule has 1 fully saturated rings. The van der Waals surface area contributed by atoms with E-state index in [1.165, 1.54) is 27.5 Å². The standard InChI is InChI=1S/C27H48N6O7S3/c1-16(2)12-18(25(38)33-10-7-8-20(33)26(39)40)30-22(35)14-29-23(36)17(9-11-41-6)32-24(37)19(31-21(34)13-28)15-42-43-27(3,4)5/h16-20H,7-15,28H2,1-6H3,(H,29,36)(H,30,35)(H,31,34)(H,32,37)(H,39,40)/t17-,18-,19-,20-/m0/s1. The van der Waals surface area contributed by atoms with Gasteiger partial charge in [0.2, 0.25) is 29.5 Å². The number of carbonyl (C=O) groups is 6. The van der Waals surface area contributed by atoms with Gasteiger partial charge < -0.3 is 37.0 Å². The van der Waals surface area contributed by atoms with Gasteiger partial charge >= 0.3 is 5.97 Å². The molecule has 0 bridgehead atoms. The first-order valence-corrected chi connectivity index (χ1v) is 18.0. The third kappa shape index (κ3) is 14.9. The average Bonchev–Trinajstić information content (AvgIpc) is 3.42. The minimum atomic E-state index is -1.08. The summed E-state index contributed by atoms with van der Waals surface area (Å²) in [5.74, 6) is -2.96. The van der Waals surface area contributed by atoms with E-state index in [-0.39, 0.29) is 29.4 Å². The highest BCUT2D eigenvalue weighted by molar-refractivity contribution is 8.77. The highest BCUT2D eigenvalue weighted by Crippen LogP contribution is 2.35. The summed E-state index contributed by atoms with van der Waals surface area (Å²) in [4.78, 5) is 77.1. The Morgan fingerprint density at radius 3 is 2.19 bits per heavy atom. The maximum absolute atomic E-state index is 13.2. The number of thioether (sulfide) groups is 1. The Hall–Kier alpha value is -2.17. The molecule has 0 radical (unpaired) electrons. The van der Waals surface area contributed by atoms with Gasteiger partial charge in [0.15, 0.2) is 0 Å². The largest absolute Gasteiger partial charge is 0.480 e. The van der Waals surface area contributed by atoms with Crippen LogP contribution in [0.3, 0.4) is 0 Å². The van der Waals surface area contributed by atoms with E-state index in [1.54, 1.807) is 10.8 Å². The fourth-order valence-electron chi connectivity index (χ4n) is 4.21. The van der Waals surface area contributed by atoms with Gasteiger partial charge in [-0.1, -0.05) is 56.2 Å². The Morgan fingerprint density at radius 2 is 1.63 bits per heavy atom. The SMILES string of the molecule is CSCC[C@H](NC(=O)[C@H](CSSC(C)(C)C)NC(=O)CN)C(=O)NCC(=O)N[C@@H](CC(C)C)C(=O)N1CCC[C@H]1C(=O)O. The van der Waals surface area contributed by atoms with E-state index in [2.05, 4.69) is 21.3 Å². The number of nitrogens with zero attached hydrogens (tertiary/aromatic N) is 1. The summed E-state index contributed by atoms with van der Waals surface area (Å²) in [5.41, 5.74) is 5.43. The lowest BCUT2D eigenvalue weighted by molar-refractivity contribution is -0.149. The average molecular weight is 665 g/mol. The maximum atomic E-state index is 13.2. The predicted octanol–water partition coefficient (Wildman–Crippen LogP) is 0.570. The number of nitrogens with one attached hydrogen (secondary N) is 4. The number of hydrogen-bond donors (Lipinski definition) is 6. The minimum Gasteiger partial charge on any atom is -0.480 e. The molecule has 1 rings (SSSR count). The van der Waals surface area contributed by atoms with Crippen molar-refractivity contribution < 1.29 is 33.9 Å². The van der Waals surface area contributed by atoms with Crippen molar-refractivity contribution >= 4 is 68.9 Å². The van der Waals surface area contributed by atoms with E-state index in [4.69, 9.17) is 5.73 Å². The first kappa shape index (κ1) is 38.9. The van der Waals surface area contributed by atoms with Crippen LogP contribution in [-0.2, 0) is 28.8 Å². The Balaban J connectivity index is 2.88. The normalized spacial score (nSPS) is 17.1. The van der Waals surface area contributed by atoms with Crippen molar-refractivity contribution in [2.45, 2.75) is 89.2 Å². The number of nitrogens with two attached hydrogens (primary N) is 1. The quantitative estimate of drug-likeness (QED) is 0.112. The van der Waals surface area contributed by atoms with E-state index in [1.807, 2.05) is 40.9 Å². The van der Waals surface area contributed by atoms with E-state index < -0.39 is 66.2 Å². The van der Waals surface area contributed by atoms with E-state index in [9.17, 15) is 33.9 Å². The van der Waals surface area contributed by atoms with Crippen molar-refractivity contribution in [3.8, 4) is 0 Å². The van der Waals surface area contributed by atoms with Crippen LogP contribution in [0.2, 0.25) is 0 Å². The molecule has 4 atom stereocenters. The van der Waals surface area contributed by atoms with E-state index >= 15 is 0 Å². The molecule has 0 aromatic rings. The van der Waals surface area contributed by atoms with Crippen LogP contribution in [0.4, 0.5) is 0 Å². The van der Waals surface area contributed by atoms with Crippen LogP contribution >= 0.6 is 33.3 Å². The zero-order chi connectivity index (χ0) is 32.7. The summed E-state index contributed by atoms with van der Waals surface area (Å²) in [7, 11) is 2.97. The molecule has 0 spiro atoms. The maximum Gasteiger partial charge on any atom is 0.326 e. The molecule has 1 saturated heterocycles. The number of carbonyl (C=O) groups excluding carboxylic acids is 5. The molecule has 43 heavy (non-hydrogen) atoms. The topological polar surface area (TPSA) is 200 Å². The molecule has 1 heterocycles. The van der Waals surface area contributed by atoms with Gasteiger partial charge in [-0.3, -0.25) is 24.0 Å². The number of rotatable bonds is 18. The molecular formula is C27H48N6O7S3. The Morgan fingerprint density at radius 1 is 0.977 bits per heavy atom. The summed E-state index contributed by atoms with van der Waals surface area (Å²) in [6, 6.07) is -3.76. The minimum absolute atomic E-state index is 0.0357. The van der Waals surface area contributed by atoms with Gasteiger partial charge in [0.05, 0.1) is 13.1 Å². The molecule has 0 aromatic carbocycles. The first-order chi connectivity index (χ1) is 20.1. The van der Waals surface area contributed by atoms with Crippen LogP contribution in [0, 0.1) is 5.92 Å². The third-order valence-electron chi connectivity index (χ3n) is 6.21. The summed E-state index contributed by atoms with van der Waals surface area (Å²) in [6.07, 6.45) is 3.36. The molecule has 246 valence electrons. The molecule has 0 aromatic heterocycles. The molecule has 5 amide bonds. The number of carboxylic acids is 1. The fourth-order valence-corrected chi connectivity index (χ4v) is 7.14. The first-order valence-electron chi connectivity index (χ1n) is 14.3. The summed E-state index contributed by atoms with van der Waals surface area (Å²) < 4.78 is -0.0733. The molecule has 0 aliphatic carbocycles.